The van der Waals surface area contributed by atoms with Crippen molar-refractivity contribution >= 4 is 39.7 Å². The summed E-state index contributed by atoms with van der Waals surface area (Å²) in [6.07, 6.45) is 8.44. The lowest BCUT2D eigenvalue weighted by Gasteiger charge is -2.19. The van der Waals surface area contributed by atoms with Crippen molar-refractivity contribution in [3.05, 3.63) is 83.6 Å². The fraction of sp³-hybridized carbons (Fsp3) is 0.294. The lowest BCUT2D eigenvalue weighted by Crippen LogP contribution is -2.24. The summed E-state index contributed by atoms with van der Waals surface area (Å²) in [7, 11) is 1.59. The minimum atomic E-state index is -0.258. The zero-order valence-electron chi connectivity index (χ0n) is 25.3. The van der Waals surface area contributed by atoms with Gasteiger partial charge in [0.15, 0.2) is 5.82 Å². The van der Waals surface area contributed by atoms with Gasteiger partial charge in [-0.05, 0) is 49.7 Å². The Morgan fingerprint density at radius 1 is 1.11 bits per heavy atom. The highest BCUT2D eigenvalue weighted by Crippen LogP contribution is 2.37. The number of rotatable bonds is 10. The molecule has 0 bridgehead atoms. The van der Waals surface area contributed by atoms with Crippen LogP contribution in [0.15, 0.2) is 66.6 Å². The summed E-state index contributed by atoms with van der Waals surface area (Å²) in [4.78, 5) is 39.0. The van der Waals surface area contributed by atoms with Gasteiger partial charge in [-0.2, -0.15) is 5.26 Å². The quantitative estimate of drug-likeness (QED) is 0.169. The maximum atomic E-state index is 13.1. The molecule has 2 aliphatic rings. The number of methoxy groups -OCH3 is 1. The molecule has 2 aromatic heterocycles. The fourth-order valence-electron chi connectivity index (χ4n) is 5.36. The van der Waals surface area contributed by atoms with Gasteiger partial charge in [-0.15, -0.1) is 0 Å². The third kappa shape index (κ3) is 7.28. The Hall–Kier alpha value is -5.38. The molecule has 234 valence electrons. The molecule has 4 heterocycles. The molecule has 3 N–H and O–H groups in total. The average Bonchev–Trinajstić information content (AvgIpc) is 3.59. The molecule has 0 saturated carbocycles. The maximum Gasteiger partial charge on any atom is 0.248 e. The predicted octanol–water partition coefficient (Wildman–Crippen LogP) is 4.49. The second-order valence-corrected chi connectivity index (χ2v) is 11.0. The number of Topliss-reactive ketones (excluding diaryl/α,β-unsaturated/α-hetero) is 1. The van der Waals surface area contributed by atoms with Gasteiger partial charge in [0.1, 0.15) is 23.7 Å². The number of ether oxygens (including phenoxy) is 3. The van der Waals surface area contributed by atoms with Crippen molar-refractivity contribution in [3.63, 3.8) is 0 Å². The van der Waals surface area contributed by atoms with Gasteiger partial charge in [0.05, 0.1) is 60.9 Å². The highest BCUT2D eigenvalue weighted by atomic mass is 16.5. The van der Waals surface area contributed by atoms with E-state index >= 15 is 0 Å². The monoisotopic (exact) mass is 619 g/mol. The molecule has 2 aliphatic heterocycles. The van der Waals surface area contributed by atoms with Gasteiger partial charge >= 0.3 is 0 Å². The zero-order valence-corrected chi connectivity index (χ0v) is 25.3. The highest BCUT2D eigenvalue weighted by molar-refractivity contribution is 6.05. The summed E-state index contributed by atoms with van der Waals surface area (Å²) in [6, 6.07) is 12.9. The number of ketones is 1. The number of hydrogen-bond donors (Lipinski definition) is 3. The lowest BCUT2D eigenvalue weighted by molar-refractivity contribution is -0.112. The first-order chi connectivity index (χ1) is 22.5. The molecular formula is C34H33N7O5. The van der Waals surface area contributed by atoms with Crippen LogP contribution in [0.4, 0.5) is 17.1 Å². The lowest BCUT2D eigenvalue weighted by atomic mass is 10.0. The summed E-state index contributed by atoms with van der Waals surface area (Å²) >= 11 is 0. The largest absolute Gasteiger partial charge is 0.497 e. The zero-order chi connectivity index (χ0) is 31.9. The molecule has 1 atom stereocenters. The second-order valence-electron chi connectivity index (χ2n) is 11.0. The van der Waals surface area contributed by atoms with Gasteiger partial charge in [0, 0.05) is 36.6 Å². The molecule has 46 heavy (non-hydrogen) atoms. The van der Waals surface area contributed by atoms with E-state index in [2.05, 4.69) is 37.0 Å². The van der Waals surface area contributed by atoms with Crippen molar-refractivity contribution in [2.24, 2.45) is 0 Å². The van der Waals surface area contributed by atoms with Gasteiger partial charge in [-0.25, -0.2) is 9.97 Å². The SMILES string of the molecule is COc1ccc(CC(=O)c2ncc(Nc3c(C#N)cnc4cc(OC5CCOC5)c(NC(=O)C=C5CCNCC5)cc34)cn2)cc1. The number of pyridine rings is 1. The van der Waals surface area contributed by atoms with Gasteiger partial charge in [-0.3, -0.25) is 14.6 Å². The van der Waals surface area contributed by atoms with Crippen molar-refractivity contribution in [1.82, 2.24) is 20.3 Å². The molecule has 0 spiro atoms. The molecule has 2 saturated heterocycles. The molecule has 0 aliphatic carbocycles. The Kier molecular flexibility index (Phi) is 9.43. The standard InChI is InChI=1S/C34H33N7O5/c1-44-25-4-2-21(3-5-25)12-30(42)34-38-18-24(19-39-34)40-33-23(16-35)17-37-28-15-31(46-26-8-11-45-20-26)29(14-27(28)33)41-32(43)13-22-6-9-36-10-7-22/h2-5,13-15,17-19,26,36H,6-12,20H2,1H3,(H,37,40)(H,41,43). The van der Waals surface area contributed by atoms with E-state index in [1.165, 1.54) is 18.6 Å². The fourth-order valence-corrected chi connectivity index (χ4v) is 5.36. The van der Waals surface area contributed by atoms with Crippen molar-refractivity contribution in [2.45, 2.75) is 31.8 Å². The Labute approximate surface area is 265 Å². The predicted molar refractivity (Wildman–Crippen MR) is 171 cm³/mol. The molecule has 12 heteroatoms. The Morgan fingerprint density at radius 2 is 1.89 bits per heavy atom. The van der Waals surface area contributed by atoms with Crippen LogP contribution in [-0.2, 0) is 16.0 Å². The van der Waals surface area contributed by atoms with E-state index in [-0.39, 0.29) is 35.6 Å². The van der Waals surface area contributed by atoms with E-state index in [0.29, 0.717) is 52.7 Å². The van der Waals surface area contributed by atoms with Crippen LogP contribution in [0.25, 0.3) is 10.9 Å². The molecule has 12 nitrogen and oxygen atoms in total. The number of benzene rings is 2. The van der Waals surface area contributed by atoms with Crippen LogP contribution in [0.1, 0.15) is 41.0 Å². The normalized spacial score (nSPS) is 16.0. The van der Waals surface area contributed by atoms with E-state index in [9.17, 15) is 14.9 Å². The van der Waals surface area contributed by atoms with Crippen LogP contribution in [0.3, 0.4) is 0 Å². The van der Waals surface area contributed by atoms with Gasteiger partial charge in [0.2, 0.25) is 11.7 Å². The summed E-state index contributed by atoms with van der Waals surface area (Å²) in [6.45, 7) is 2.73. The first-order valence-corrected chi connectivity index (χ1v) is 15.1. The smallest absolute Gasteiger partial charge is 0.248 e. The number of hydrogen-bond acceptors (Lipinski definition) is 11. The summed E-state index contributed by atoms with van der Waals surface area (Å²) in [5.41, 5.74) is 4.09. The topological polar surface area (TPSA) is 160 Å². The van der Waals surface area contributed by atoms with Crippen molar-refractivity contribution in [1.29, 1.82) is 5.26 Å². The number of piperidine rings is 1. The Morgan fingerprint density at radius 3 is 2.59 bits per heavy atom. The van der Waals surface area contributed by atoms with E-state index in [4.69, 9.17) is 14.2 Å². The third-order valence-electron chi connectivity index (χ3n) is 7.80. The minimum Gasteiger partial charge on any atom is -0.497 e. The Balaban J connectivity index is 1.28. The summed E-state index contributed by atoms with van der Waals surface area (Å²) in [5, 5.41) is 20.0. The highest BCUT2D eigenvalue weighted by Gasteiger charge is 2.22. The number of fused-ring (bicyclic) bond motifs is 1. The third-order valence-corrected chi connectivity index (χ3v) is 7.80. The van der Waals surface area contributed by atoms with Crippen LogP contribution < -0.4 is 25.4 Å². The van der Waals surface area contributed by atoms with E-state index in [1.54, 1.807) is 37.5 Å². The van der Waals surface area contributed by atoms with Crippen LogP contribution in [0, 0.1) is 11.3 Å². The first kappa shape index (κ1) is 30.6. The number of aromatic nitrogens is 3. The molecule has 2 fully saturated rings. The van der Waals surface area contributed by atoms with Crippen molar-refractivity contribution in [3.8, 4) is 17.6 Å². The molecule has 2 aromatic carbocycles. The van der Waals surface area contributed by atoms with Crippen LogP contribution in [-0.4, -0.2) is 66.2 Å². The van der Waals surface area contributed by atoms with Crippen molar-refractivity contribution < 1.29 is 23.8 Å². The Bertz CT molecular complexity index is 1800. The van der Waals surface area contributed by atoms with E-state index < -0.39 is 0 Å². The van der Waals surface area contributed by atoms with E-state index in [0.717, 1.165) is 43.5 Å². The first-order valence-electron chi connectivity index (χ1n) is 15.1. The number of anilines is 3. The second kappa shape index (κ2) is 14.2. The van der Waals surface area contributed by atoms with Gasteiger partial charge in [-0.1, -0.05) is 17.7 Å². The number of nitrogens with zero attached hydrogens (tertiary/aromatic N) is 4. The van der Waals surface area contributed by atoms with E-state index in [1.807, 2.05) is 12.1 Å². The number of nitrogens with one attached hydrogen (secondary N) is 3. The van der Waals surface area contributed by atoms with Crippen LogP contribution in [0.2, 0.25) is 0 Å². The molecule has 4 aromatic rings. The average molecular weight is 620 g/mol. The summed E-state index contributed by atoms with van der Waals surface area (Å²) < 4.78 is 16.9. The van der Waals surface area contributed by atoms with Crippen LogP contribution in [0.5, 0.6) is 11.5 Å². The molecule has 1 amide bonds. The van der Waals surface area contributed by atoms with Crippen molar-refractivity contribution in [2.75, 3.05) is 44.0 Å². The number of carbonyl (C=O) groups excluding carboxylic acids is 2. The molecular weight excluding hydrogens is 586 g/mol. The van der Waals surface area contributed by atoms with Gasteiger partial charge in [0.25, 0.3) is 0 Å². The molecule has 0 radical (unpaired) electrons. The minimum absolute atomic E-state index is 0.0759. The number of nitriles is 1. The molecule has 1 unspecified atom stereocenters. The summed E-state index contributed by atoms with van der Waals surface area (Å²) in [5.74, 6) is 0.757. The number of carbonyl (C=O) groups is 2. The maximum absolute atomic E-state index is 13.1. The number of amides is 1. The van der Waals surface area contributed by atoms with Crippen LogP contribution >= 0.6 is 0 Å². The van der Waals surface area contributed by atoms with Gasteiger partial charge < -0.3 is 30.2 Å². The molecule has 6 rings (SSSR count).